The molecule has 0 radical (unpaired) electrons. The predicted molar refractivity (Wildman–Crippen MR) is 127 cm³/mol. The monoisotopic (exact) mass is 518 g/mol. The molecule has 1 aromatic carbocycles. The van der Waals surface area contributed by atoms with Crippen molar-refractivity contribution in [3.8, 4) is 5.75 Å². The molecule has 164 valence electrons. The van der Waals surface area contributed by atoms with E-state index >= 15 is 0 Å². The van der Waals surface area contributed by atoms with E-state index in [0.29, 0.717) is 18.6 Å². The van der Waals surface area contributed by atoms with Crippen LogP contribution in [0.15, 0.2) is 29.3 Å². The topological polar surface area (TPSA) is 75.2 Å². The largest absolute Gasteiger partial charge is 0.497 e. The van der Waals surface area contributed by atoms with Crippen molar-refractivity contribution in [3.05, 3.63) is 29.8 Å². The lowest BCUT2D eigenvalue weighted by Crippen LogP contribution is -2.43. The average Bonchev–Trinajstić information content (AvgIpc) is 2.73. The molecule has 1 saturated heterocycles. The lowest BCUT2D eigenvalue weighted by Gasteiger charge is -2.22. The smallest absolute Gasteiger partial charge is 0.241 e. The molecule has 7 nitrogen and oxygen atoms in total. The number of nitrogens with zero attached hydrogens (tertiary/aromatic N) is 2. The molecule has 0 aromatic heterocycles. The predicted octanol–water partition coefficient (Wildman–Crippen LogP) is 2.79. The number of methoxy groups -OCH3 is 1. The summed E-state index contributed by atoms with van der Waals surface area (Å²) < 4.78 is 11.0. The number of carbonyl (C=O) groups is 1. The van der Waals surface area contributed by atoms with Gasteiger partial charge in [0.1, 0.15) is 5.75 Å². The van der Waals surface area contributed by atoms with Gasteiger partial charge >= 0.3 is 0 Å². The number of carbonyl (C=O) groups excluding carboxylic acids is 1. The maximum atomic E-state index is 11.9. The number of nitrogens with one attached hydrogen (secondary N) is 2. The van der Waals surface area contributed by atoms with Crippen molar-refractivity contribution in [2.75, 3.05) is 40.9 Å². The first-order valence-electron chi connectivity index (χ1n) is 10.1. The Kier molecular flexibility index (Phi) is 12.7. The summed E-state index contributed by atoms with van der Waals surface area (Å²) in [5, 5.41) is 6.46. The van der Waals surface area contributed by atoms with Gasteiger partial charge in [-0.05, 0) is 49.8 Å². The third-order valence-electron chi connectivity index (χ3n) is 4.75. The van der Waals surface area contributed by atoms with Gasteiger partial charge in [-0.1, -0.05) is 12.1 Å². The Morgan fingerprint density at radius 1 is 1.24 bits per heavy atom. The van der Waals surface area contributed by atoms with Gasteiger partial charge in [-0.15, -0.1) is 24.0 Å². The Bertz CT molecular complexity index is 617. The number of likely N-dealkylation sites (N-methyl/N-ethyl adjacent to an activating group) is 1. The summed E-state index contributed by atoms with van der Waals surface area (Å²) in [6, 6.07) is 7.83. The molecular formula is C21H35IN4O3. The number of amides is 1. The second kappa shape index (κ2) is 14.4. The molecule has 1 aliphatic rings. The standard InChI is InChI=1S/C21H34N4O3.HI/c1-25(2)20(26)16-24-21(22-13-6-8-19-7-4-5-14-28-19)23-15-17-9-11-18(27-3)12-10-17;/h9-12,19H,4-8,13-16H2,1-3H3,(H2,22,23,24);1H. The highest BCUT2D eigenvalue weighted by atomic mass is 127. The van der Waals surface area contributed by atoms with E-state index in [2.05, 4.69) is 15.6 Å². The van der Waals surface area contributed by atoms with E-state index in [1.807, 2.05) is 24.3 Å². The molecule has 0 saturated carbocycles. The van der Waals surface area contributed by atoms with Crippen molar-refractivity contribution in [1.29, 1.82) is 0 Å². The highest BCUT2D eigenvalue weighted by Gasteiger charge is 2.13. The summed E-state index contributed by atoms with van der Waals surface area (Å²) in [7, 11) is 5.14. The molecule has 1 amide bonds. The van der Waals surface area contributed by atoms with Crippen molar-refractivity contribution in [2.45, 2.75) is 44.8 Å². The number of guanidine groups is 1. The summed E-state index contributed by atoms with van der Waals surface area (Å²) in [5.41, 5.74) is 1.08. The Morgan fingerprint density at radius 3 is 2.62 bits per heavy atom. The van der Waals surface area contributed by atoms with Crippen LogP contribution in [0.25, 0.3) is 0 Å². The van der Waals surface area contributed by atoms with E-state index in [9.17, 15) is 4.79 Å². The van der Waals surface area contributed by atoms with E-state index in [4.69, 9.17) is 9.47 Å². The van der Waals surface area contributed by atoms with Gasteiger partial charge in [0, 0.05) is 27.2 Å². The number of hydrogen-bond donors (Lipinski definition) is 2. The Morgan fingerprint density at radius 2 is 2.00 bits per heavy atom. The third-order valence-corrected chi connectivity index (χ3v) is 4.75. The normalized spacial score (nSPS) is 16.5. The summed E-state index contributed by atoms with van der Waals surface area (Å²) >= 11 is 0. The minimum absolute atomic E-state index is 0. The van der Waals surface area contributed by atoms with Gasteiger partial charge < -0.3 is 25.0 Å². The number of rotatable bonds is 9. The van der Waals surface area contributed by atoms with Gasteiger partial charge in [-0.2, -0.15) is 0 Å². The van der Waals surface area contributed by atoms with Gasteiger partial charge in [-0.25, -0.2) is 4.99 Å². The first-order valence-corrected chi connectivity index (χ1v) is 10.1. The summed E-state index contributed by atoms with van der Waals surface area (Å²) in [5.74, 6) is 1.48. The van der Waals surface area contributed by atoms with Crippen LogP contribution in [-0.2, 0) is 16.1 Å². The van der Waals surface area contributed by atoms with Crippen molar-refractivity contribution in [1.82, 2.24) is 15.5 Å². The Balaban J connectivity index is 0.00000420. The molecule has 0 bridgehead atoms. The van der Waals surface area contributed by atoms with Crippen LogP contribution in [0.1, 0.15) is 37.7 Å². The van der Waals surface area contributed by atoms with E-state index in [1.165, 1.54) is 12.8 Å². The molecule has 1 aliphatic heterocycles. The zero-order chi connectivity index (χ0) is 20.2. The van der Waals surface area contributed by atoms with E-state index in [-0.39, 0.29) is 36.4 Å². The minimum Gasteiger partial charge on any atom is -0.497 e. The summed E-state index contributed by atoms with van der Waals surface area (Å²) in [6.07, 6.45) is 6.05. The molecule has 2 rings (SSSR count). The maximum Gasteiger partial charge on any atom is 0.241 e. The van der Waals surface area contributed by atoms with Crippen LogP contribution in [0.4, 0.5) is 0 Å². The quantitative estimate of drug-likeness (QED) is 0.228. The number of hydrogen-bond acceptors (Lipinski definition) is 4. The Labute approximate surface area is 191 Å². The first kappa shape index (κ1) is 25.5. The van der Waals surface area contributed by atoms with Crippen LogP contribution in [0.2, 0.25) is 0 Å². The zero-order valence-electron chi connectivity index (χ0n) is 17.8. The van der Waals surface area contributed by atoms with Crippen LogP contribution in [0.5, 0.6) is 5.75 Å². The number of benzene rings is 1. The minimum atomic E-state index is 0. The maximum absolute atomic E-state index is 11.9. The van der Waals surface area contributed by atoms with Crippen molar-refractivity contribution in [3.63, 3.8) is 0 Å². The molecule has 1 unspecified atom stereocenters. The first-order chi connectivity index (χ1) is 13.6. The van der Waals surface area contributed by atoms with Gasteiger partial charge in [-0.3, -0.25) is 4.79 Å². The van der Waals surface area contributed by atoms with Crippen LogP contribution in [0, 0.1) is 0 Å². The van der Waals surface area contributed by atoms with Gasteiger partial charge in [0.05, 0.1) is 26.3 Å². The number of ether oxygens (including phenoxy) is 2. The lowest BCUT2D eigenvalue weighted by atomic mass is 10.0. The molecular weight excluding hydrogens is 483 g/mol. The van der Waals surface area contributed by atoms with E-state index in [1.54, 1.807) is 26.1 Å². The molecule has 1 atom stereocenters. The molecule has 29 heavy (non-hydrogen) atoms. The Hall–Kier alpha value is -1.55. The fraction of sp³-hybridized carbons (Fsp3) is 0.619. The second-order valence-corrected chi connectivity index (χ2v) is 7.21. The number of halogens is 1. The second-order valence-electron chi connectivity index (χ2n) is 7.21. The van der Waals surface area contributed by atoms with Crippen molar-refractivity contribution >= 4 is 35.8 Å². The summed E-state index contributed by atoms with van der Waals surface area (Å²) in [4.78, 5) is 18.1. The fourth-order valence-corrected chi connectivity index (χ4v) is 2.96. The molecule has 2 N–H and O–H groups in total. The zero-order valence-corrected chi connectivity index (χ0v) is 20.1. The van der Waals surface area contributed by atoms with Crippen LogP contribution in [-0.4, -0.2) is 63.8 Å². The molecule has 8 heteroatoms. The lowest BCUT2D eigenvalue weighted by molar-refractivity contribution is -0.127. The van der Waals surface area contributed by atoms with Crippen molar-refractivity contribution in [2.24, 2.45) is 4.99 Å². The van der Waals surface area contributed by atoms with Crippen LogP contribution >= 0.6 is 24.0 Å². The molecule has 1 fully saturated rings. The summed E-state index contributed by atoms with van der Waals surface area (Å²) in [6.45, 7) is 2.43. The fourth-order valence-electron chi connectivity index (χ4n) is 2.96. The molecule has 0 aliphatic carbocycles. The molecule has 1 heterocycles. The number of aliphatic imine (C=N–C) groups is 1. The van der Waals surface area contributed by atoms with Gasteiger partial charge in [0.25, 0.3) is 0 Å². The molecule has 0 spiro atoms. The van der Waals surface area contributed by atoms with Gasteiger partial charge in [0.2, 0.25) is 5.91 Å². The third kappa shape index (κ3) is 10.2. The van der Waals surface area contributed by atoms with E-state index in [0.717, 1.165) is 43.7 Å². The highest BCUT2D eigenvalue weighted by molar-refractivity contribution is 14.0. The van der Waals surface area contributed by atoms with Crippen molar-refractivity contribution < 1.29 is 14.3 Å². The van der Waals surface area contributed by atoms with Crippen LogP contribution < -0.4 is 15.4 Å². The van der Waals surface area contributed by atoms with Crippen LogP contribution in [0.3, 0.4) is 0 Å². The molecule has 1 aromatic rings. The SMILES string of the molecule is COc1ccc(CN=C(NCCCC2CCCCO2)NCC(=O)N(C)C)cc1.I. The van der Waals surface area contributed by atoms with Gasteiger partial charge in [0.15, 0.2) is 5.96 Å². The average molecular weight is 518 g/mol. The highest BCUT2D eigenvalue weighted by Crippen LogP contribution is 2.16. The van der Waals surface area contributed by atoms with E-state index < -0.39 is 0 Å².